The molecule has 2 aromatic carbocycles. The molecule has 0 atom stereocenters. The van der Waals surface area contributed by atoms with Crippen molar-refractivity contribution in [2.45, 2.75) is 0 Å². The Morgan fingerprint density at radius 1 is 0.857 bits per heavy atom. The third kappa shape index (κ3) is 5.40. The molecule has 0 saturated carbocycles. The van der Waals surface area contributed by atoms with E-state index in [9.17, 15) is 9.59 Å². The summed E-state index contributed by atoms with van der Waals surface area (Å²) in [6.45, 7) is 5.34. The van der Waals surface area contributed by atoms with Crippen LogP contribution in [-0.4, -0.2) is 95.3 Å². The van der Waals surface area contributed by atoms with Gasteiger partial charge < -0.3 is 14.5 Å². The lowest BCUT2D eigenvalue weighted by Gasteiger charge is -2.36. The minimum atomic E-state index is -0.0955. The normalized spacial score (nSPS) is 16.9. The fourth-order valence-corrected chi connectivity index (χ4v) is 4.56. The number of para-hydroxylation sites is 1. The summed E-state index contributed by atoms with van der Waals surface area (Å²) >= 11 is 6.05. The zero-order valence-corrected chi connectivity index (χ0v) is 20.2. The number of nitrogens with zero attached hydrogens (tertiary/aromatic N) is 5. The summed E-state index contributed by atoms with van der Waals surface area (Å²) in [4.78, 5) is 32.1. The van der Waals surface area contributed by atoms with Gasteiger partial charge in [0, 0.05) is 49.9 Å². The summed E-state index contributed by atoms with van der Waals surface area (Å²) in [5.74, 6) is 0.0141. The maximum atomic E-state index is 13.6. The summed E-state index contributed by atoms with van der Waals surface area (Å²) in [5, 5.41) is 5.40. The molecule has 35 heavy (non-hydrogen) atoms. The Morgan fingerprint density at radius 3 is 2.20 bits per heavy atom. The SMILES string of the molecule is O=C(CN1CCOCC1)N1CCN(C(=O)c2cc(-c3ccc(Cl)cc3)nn2-c2ccccc2)CC1. The molecule has 9 heteroatoms. The first-order chi connectivity index (χ1) is 17.1. The molecule has 3 heterocycles. The van der Waals surface area contributed by atoms with Gasteiger partial charge in [-0.3, -0.25) is 14.5 Å². The minimum absolute atomic E-state index is 0.0955. The summed E-state index contributed by atoms with van der Waals surface area (Å²) in [5.41, 5.74) is 2.90. The molecule has 0 N–H and O–H groups in total. The number of aromatic nitrogens is 2. The Morgan fingerprint density at radius 2 is 1.51 bits per heavy atom. The fourth-order valence-electron chi connectivity index (χ4n) is 4.43. The first kappa shape index (κ1) is 23.5. The van der Waals surface area contributed by atoms with Crippen molar-refractivity contribution in [1.29, 1.82) is 0 Å². The highest BCUT2D eigenvalue weighted by Gasteiger charge is 2.28. The molecule has 5 rings (SSSR count). The van der Waals surface area contributed by atoms with Crippen molar-refractivity contribution in [3.63, 3.8) is 0 Å². The van der Waals surface area contributed by atoms with Crippen LogP contribution in [0.4, 0.5) is 0 Å². The van der Waals surface area contributed by atoms with Crippen LogP contribution in [0.25, 0.3) is 16.9 Å². The fraction of sp³-hybridized carbons (Fsp3) is 0.346. The Labute approximate surface area is 209 Å². The summed E-state index contributed by atoms with van der Waals surface area (Å²) in [6.07, 6.45) is 0. The number of piperazine rings is 1. The Balaban J connectivity index is 1.31. The monoisotopic (exact) mass is 493 g/mol. The first-order valence-electron chi connectivity index (χ1n) is 11.9. The number of halogens is 1. The van der Waals surface area contributed by atoms with Gasteiger partial charge in [0.2, 0.25) is 5.91 Å². The van der Waals surface area contributed by atoms with E-state index in [0.29, 0.717) is 62.3 Å². The predicted molar refractivity (Wildman–Crippen MR) is 134 cm³/mol. The molecule has 8 nitrogen and oxygen atoms in total. The van der Waals surface area contributed by atoms with E-state index >= 15 is 0 Å². The van der Waals surface area contributed by atoms with Gasteiger partial charge in [-0.1, -0.05) is 41.9 Å². The molecule has 182 valence electrons. The molecule has 1 aromatic heterocycles. The average molecular weight is 494 g/mol. The van der Waals surface area contributed by atoms with Crippen molar-refractivity contribution < 1.29 is 14.3 Å². The number of ether oxygens (including phenoxy) is 1. The van der Waals surface area contributed by atoms with Crippen LogP contribution in [0.3, 0.4) is 0 Å². The van der Waals surface area contributed by atoms with Gasteiger partial charge in [0.15, 0.2) is 0 Å². The van der Waals surface area contributed by atoms with Gasteiger partial charge in [0.1, 0.15) is 5.69 Å². The lowest BCUT2D eigenvalue weighted by molar-refractivity contribution is -0.134. The van der Waals surface area contributed by atoms with Crippen molar-refractivity contribution >= 4 is 23.4 Å². The molecule has 0 spiro atoms. The predicted octanol–water partition coefficient (Wildman–Crippen LogP) is 2.81. The van der Waals surface area contributed by atoms with Crippen LogP contribution in [0.5, 0.6) is 0 Å². The van der Waals surface area contributed by atoms with E-state index in [-0.39, 0.29) is 11.8 Å². The second-order valence-corrected chi connectivity index (χ2v) is 9.17. The van der Waals surface area contributed by atoms with E-state index in [4.69, 9.17) is 21.4 Å². The maximum absolute atomic E-state index is 13.6. The molecule has 3 aromatic rings. The number of hydrogen-bond donors (Lipinski definition) is 0. The third-order valence-electron chi connectivity index (χ3n) is 6.45. The van der Waals surface area contributed by atoms with Crippen LogP contribution in [-0.2, 0) is 9.53 Å². The smallest absolute Gasteiger partial charge is 0.272 e. The molecule has 2 fully saturated rings. The molecule has 2 amide bonds. The number of amides is 2. The van der Waals surface area contributed by atoms with E-state index in [2.05, 4.69) is 4.90 Å². The van der Waals surface area contributed by atoms with Gasteiger partial charge in [-0.2, -0.15) is 5.10 Å². The molecule has 0 bridgehead atoms. The Bertz CT molecular complexity index is 1170. The second-order valence-electron chi connectivity index (χ2n) is 8.73. The lowest BCUT2D eigenvalue weighted by Crippen LogP contribution is -2.53. The zero-order valence-electron chi connectivity index (χ0n) is 19.5. The topological polar surface area (TPSA) is 70.9 Å². The molecule has 2 aliphatic heterocycles. The van der Waals surface area contributed by atoms with Crippen LogP contribution >= 0.6 is 11.6 Å². The van der Waals surface area contributed by atoms with Gasteiger partial charge in [-0.15, -0.1) is 0 Å². The standard InChI is InChI=1S/C26H28ClN5O3/c27-21-8-6-20(7-9-21)23-18-24(32(28-23)22-4-2-1-3-5-22)26(34)31-12-10-30(11-13-31)25(33)19-29-14-16-35-17-15-29/h1-9,18H,10-17,19H2. The van der Waals surface area contributed by atoms with Crippen molar-refractivity contribution in [2.75, 3.05) is 59.0 Å². The van der Waals surface area contributed by atoms with E-state index < -0.39 is 0 Å². The molecule has 2 saturated heterocycles. The zero-order chi connectivity index (χ0) is 24.2. The van der Waals surface area contributed by atoms with Gasteiger partial charge in [-0.25, -0.2) is 4.68 Å². The highest BCUT2D eigenvalue weighted by atomic mass is 35.5. The number of carbonyl (C=O) groups excluding carboxylic acids is 2. The highest BCUT2D eigenvalue weighted by Crippen LogP contribution is 2.24. The molecule has 0 radical (unpaired) electrons. The first-order valence-corrected chi connectivity index (χ1v) is 12.2. The third-order valence-corrected chi connectivity index (χ3v) is 6.70. The van der Waals surface area contributed by atoms with E-state index in [1.54, 1.807) is 9.58 Å². The molecule has 0 aliphatic carbocycles. The van der Waals surface area contributed by atoms with Crippen molar-refractivity contribution in [3.8, 4) is 16.9 Å². The lowest BCUT2D eigenvalue weighted by atomic mass is 10.1. The minimum Gasteiger partial charge on any atom is -0.379 e. The molecular formula is C26H28ClN5O3. The van der Waals surface area contributed by atoms with Gasteiger partial charge in [0.25, 0.3) is 5.91 Å². The molecule has 0 unspecified atom stereocenters. The van der Waals surface area contributed by atoms with Crippen LogP contribution < -0.4 is 0 Å². The summed E-state index contributed by atoms with van der Waals surface area (Å²) in [6, 6.07) is 18.9. The van der Waals surface area contributed by atoms with E-state index in [1.165, 1.54) is 0 Å². The van der Waals surface area contributed by atoms with Gasteiger partial charge in [0.05, 0.1) is 31.1 Å². The number of benzene rings is 2. The van der Waals surface area contributed by atoms with Crippen molar-refractivity contribution in [2.24, 2.45) is 0 Å². The number of carbonyl (C=O) groups is 2. The Hall–Kier alpha value is -3.20. The Kier molecular flexibility index (Phi) is 7.13. The quantitative estimate of drug-likeness (QED) is 0.546. The summed E-state index contributed by atoms with van der Waals surface area (Å²) < 4.78 is 7.06. The van der Waals surface area contributed by atoms with Crippen molar-refractivity contribution in [3.05, 3.63) is 71.4 Å². The van der Waals surface area contributed by atoms with E-state index in [0.717, 1.165) is 24.3 Å². The average Bonchev–Trinajstić information content (AvgIpc) is 3.35. The van der Waals surface area contributed by atoms with Crippen LogP contribution in [0.15, 0.2) is 60.7 Å². The second kappa shape index (κ2) is 10.6. The molecular weight excluding hydrogens is 466 g/mol. The number of morpholine rings is 1. The van der Waals surface area contributed by atoms with Gasteiger partial charge in [-0.05, 0) is 30.3 Å². The number of rotatable bonds is 5. The van der Waals surface area contributed by atoms with Crippen molar-refractivity contribution in [1.82, 2.24) is 24.5 Å². The van der Waals surface area contributed by atoms with Gasteiger partial charge >= 0.3 is 0 Å². The highest BCUT2D eigenvalue weighted by molar-refractivity contribution is 6.30. The summed E-state index contributed by atoms with van der Waals surface area (Å²) in [7, 11) is 0. The maximum Gasteiger partial charge on any atom is 0.272 e. The number of hydrogen-bond acceptors (Lipinski definition) is 5. The van der Waals surface area contributed by atoms with E-state index in [1.807, 2.05) is 65.6 Å². The van der Waals surface area contributed by atoms with Crippen LogP contribution in [0.1, 0.15) is 10.5 Å². The molecule has 2 aliphatic rings. The van der Waals surface area contributed by atoms with Crippen LogP contribution in [0, 0.1) is 0 Å². The largest absolute Gasteiger partial charge is 0.379 e. The van der Waals surface area contributed by atoms with Crippen LogP contribution in [0.2, 0.25) is 5.02 Å².